The number of hydrogen-bond acceptors (Lipinski definition) is 8. The first-order chi connectivity index (χ1) is 16.9. The number of rotatable bonds is 8. The van der Waals surface area contributed by atoms with E-state index in [2.05, 4.69) is 20.0 Å². The molecule has 0 saturated carbocycles. The molecule has 0 bridgehead atoms. The molecule has 4 aromatic rings. The second-order valence-electron chi connectivity index (χ2n) is 7.45. The molecule has 0 spiro atoms. The summed E-state index contributed by atoms with van der Waals surface area (Å²) in [5, 5.41) is 15.3. The van der Waals surface area contributed by atoms with Crippen LogP contribution in [-0.2, 0) is 16.0 Å². The Kier molecular flexibility index (Phi) is 6.97. The molecule has 35 heavy (non-hydrogen) atoms. The lowest BCUT2D eigenvalue weighted by atomic mass is 10.0. The average Bonchev–Trinajstić information content (AvgIpc) is 3.46. The highest BCUT2D eigenvalue weighted by Crippen LogP contribution is 2.31. The summed E-state index contributed by atoms with van der Waals surface area (Å²) in [6.07, 6.45) is 0.120. The number of anilines is 1. The van der Waals surface area contributed by atoms with Crippen molar-refractivity contribution in [1.29, 1.82) is 0 Å². The SMILES string of the molecule is COC(=O)c1csc(NC(=O)[C@H](Cc2ccccc2)n2c(O)c(-c3ccc(OC)cc3)[nH]c2=O)n1. The highest BCUT2D eigenvalue weighted by atomic mass is 32.1. The van der Waals surface area contributed by atoms with Gasteiger partial charge in [-0.05, 0) is 29.8 Å². The van der Waals surface area contributed by atoms with E-state index >= 15 is 0 Å². The number of benzene rings is 2. The Bertz CT molecular complexity index is 1390. The fraction of sp³-hybridized carbons (Fsp3) is 0.167. The van der Waals surface area contributed by atoms with Gasteiger partial charge in [0.1, 0.15) is 17.5 Å². The second-order valence-corrected chi connectivity index (χ2v) is 8.31. The van der Waals surface area contributed by atoms with Gasteiger partial charge in [0.05, 0.1) is 14.2 Å². The first-order valence-electron chi connectivity index (χ1n) is 10.5. The molecule has 0 unspecified atom stereocenters. The summed E-state index contributed by atoms with van der Waals surface area (Å²) < 4.78 is 10.8. The van der Waals surface area contributed by atoms with Crippen LogP contribution in [0.4, 0.5) is 5.13 Å². The van der Waals surface area contributed by atoms with Gasteiger partial charge in [-0.25, -0.2) is 19.1 Å². The Morgan fingerprint density at radius 1 is 1.14 bits per heavy atom. The molecule has 11 heteroatoms. The topological polar surface area (TPSA) is 136 Å². The molecule has 0 saturated heterocycles. The van der Waals surface area contributed by atoms with Gasteiger partial charge in [-0.3, -0.25) is 4.79 Å². The van der Waals surface area contributed by atoms with E-state index in [1.165, 1.54) is 19.6 Å². The van der Waals surface area contributed by atoms with E-state index in [-0.39, 0.29) is 28.8 Å². The summed E-state index contributed by atoms with van der Waals surface area (Å²) in [4.78, 5) is 44.7. The van der Waals surface area contributed by atoms with Crippen LogP contribution in [0.2, 0.25) is 0 Å². The normalized spacial score (nSPS) is 11.6. The van der Waals surface area contributed by atoms with Crippen molar-refractivity contribution in [3.05, 3.63) is 81.7 Å². The van der Waals surface area contributed by atoms with Crippen LogP contribution in [0.25, 0.3) is 11.3 Å². The number of hydrogen-bond donors (Lipinski definition) is 3. The number of H-pyrrole nitrogens is 1. The van der Waals surface area contributed by atoms with Crippen molar-refractivity contribution >= 4 is 28.3 Å². The number of carbonyl (C=O) groups is 2. The summed E-state index contributed by atoms with van der Waals surface area (Å²) in [5.74, 6) is -0.986. The molecule has 0 aliphatic carbocycles. The van der Waals surface area contributed by atoms with Crippen molar-refractivity contribution in [3.8, 4) is 22.9 Å². The van der Waals surface area contributed by atoms with E-state index in [9.17, 15) is 19.5 Å². The molecule has 0 aliphatic heterocycles. The number of methoxy groups -OCH3 is 2. The number of carbonyl (C=O) groups excluding carboxylic acids is 2. The lowest BCUT2D eigenvalue weighted by Gasteiger charge is -2.18. The number of aromatic amines is 1. The Balaban J connectivity index is 1.70. The van der Waals surface area contributed by atoms with E-state index in [0.29, 0.717) is 11.3 Å². The summed E-state index contributed by atoms with van der Waals surface area (Å²) in [6.45, 7) is 0. The number of esters is 1. The number of nitrogens with one attached hydrogen (secondary N) is 2. The number of thiazole rings is 1. The maximum atomic E-state index is 13.3. The van der Waals surface area contributed by atoms with Crippen molar-refractivity contribution in [2.75, 3.05) is 19.5 Å². The van der Waals surface area contributed by atoms with Crippen LogP contribution in [-0.4, -0.2) is 45.7 Å². The highest BCUT2D eigenvalue weighted by molar-refractivity contribution is 7.14. The molecule has 2 heterocycles. The van der Waals surface area contributed by atoms with Crippen LogP contribution in [0.1, 0.15) is 22.1 Å². The van der Waals surface area contributed by atoms with E-state index in [1.54, 1.807) is 24.3 Å². The first-order valence-corrected chi connectivity index (χ1v) is 11.4. The van der Waals surface area contributed by atoms with Gasteiger partial charge in [-0.2, -0.15) is 0 Å². The molecule has 0 radical (unpaired) electrons. The summed E-state index contributed by atoms with van der Waals surface area (Å²) in [6, 6.07) is 14.8. The lowest BCUT2D eigenvalue weighted by Crippen LogP contribution is -2.33. The summed E-state index contributed by atoms with van der Waals surface area (Å²) in [5.41, 5.74) is 0.890. The van der Waals surface area contributed by atoms with E-state index in [4.69, 9.17) is 4.74 Å². The van der Waals surface area contributed by atoms with Crippen molar-refractivity contribution in [3.63, 3.8) is 0 Å². The van der Waals surface area contributed by atoms with Gasteiger partial charge in [0.25, 0.3) is 0 Å². The fourth-order valence-electron chi connectivity index (χ4n) is 3.54. The monoisotopic (exact) mass is 494 g/mol. The van der Waals surface area contributed by atoms with E-state index < -0.39 is 23.6 Å². The Hall–Kier alpha value is -4.38. The van der Waals surface area contributed by atoms with Gasteiger partial charge in [0, 0.05) is 17.4 Å². The van der Waals surface area contributed by atoms with Crippen LogP contribution in [0.15, 0.2) is 64.8 Å². The Labute approximate surface area is 203 Å². The zero-order valence-electron chi connectivity index (χ0n) is 18.8. The number of aromatic hydroxyl groups is 1. The molecule has 3 N–H and O–H groups in total. The molecule has 1 amide bonds. The van der Waals surface area contributed by atoms with E-state index in [1.807, 2.05) is 30.3 Å². The molecule has 10 nitrogen and oxygen atoms in total. The minimum Gasteiger partial charge on any atom is -0.497 e. The molecule has 180 valence electrons. The van der Waals surface area contributed by atoms with Gasteiger partial charge in [0.15, 0.2) is 10.8 Å². The molecule has 4 rings (SSSR count). The van der Waals surface area contributed by atoms with E-state index in [0.717, 1.165) is 21.5 Å². The predicted molar refractivity (Wildman–Crippen MR) is 130 cm³/mol. The predicted octanol–water partition coefficient (Wildman–Crippen LogP) is 3.22. The maximum Gasteiger partial charge on any atom is 0.357 e. The van der Waals surface area contributed by atoms with Gasteiger partial charge in [-0.1, -0.05) is 30.3 Å². The third-order valence-electron chi connectivity index (χ3n) is 5.30. The number of amides is 1. The van der Waals surface area contributed by atoms with Crippen LogP contribution < -0.4 is 15.7 Å². The minimum atomic E-state index is -1.11. The molecule has 0 aliphatic rings. The third kappa shape index (κ3) is 5.09. The standard InChI is InChI=1S/C24H22N4O6S/c1-33-16-10-8-15(9-11-16)19-21(30)28(24(32)26-19)18(12-14-6-4-3-5-7-14)20(29)27-23-25-17(13-35-23)22(31)34-2/h3-11,13,18,30H,12H2,1-2H3,(H,26,32)(H,25,27,29)/t18-/m0/s1. The van der Waals surface area contributed by atoms with Gasteiger partial charge in [0.2, 0.25) is 11.8 Å². The number of nitrogens with zero attached hydrogens (tertiary/aromatic N) is 2. The molecule has 0 fully saturated rings. The van der Waals surface area contributed by atoms with Crippen molar-refractivity contribution < 1.29 is 24.2 Å². The molecular formula is C24H22N4O6S. The number of imidazole rings is 1. The van der Waals surface area contributed by atoms with Crippen LogP contribution in [0.5, 0.6) is 11.6 Å². The highest BCUT2D eigenvalue weighted by Gasteiger charge is 2.29. The Morgan fingerprint density at radius 2 is 1.86 bits per heavy atom. The average molecular weight is 495 g/mol. The van der Waals surface area contributed by atoms with Crippen molar-refractivity contribution in [2.24, 2.45) is 0 Å². The zero-order valence-corrected chi connectivity index (χ0v) is 19.7. The largest absolute Gasteiger partial charge is 0.497 e. The van der Waals surface area contributed by atoms with Crippen LogP contribution >= 0.6 is 11.3 Å². The van der Waals surface area contributed by atoms with Crippen molar-refractivity contribution in [1.82, 2.24) is 14.5 Å². The smallest absolute Gasteiger partial charge is 0.357 e. The molecule has 2 aromatic heterocycles. The second kappa shape index (κ2) is 10.3. The lowest BCUT2D eigenvalue weighted by molar-refractivity contribution is -0.119. The minimum absolute atomic E-state index is 0.0517. The summed E-state index contributed by atoms with van der Waals surface area (Å²) >= 11 is 1.04. The molecule has 1 atom stereocenters. The number of aromatic nitrogens is 3. The molecular weight excluding hydrogens is 472 g/mol. The van der Waals surface area contributed by atoms with Gasteiger partial charge in [-0.15, -0.1) is 11.3 Å². The van der Waals surface area contributed by atoms with Gasteiger partial charge < -0.3 is 24.9 Å². The first kappa shape index (κ1) is 23.8. The Morgan fingerprint density at radius 3 is 2.51 bits per heavy atom. The maximum absolute atomic E-state index is 13.3. The van der Waals surface area contributed by atoms with Gasteiger partial charge >= 0.3 is 11.7 Å². The zero-order chi connectivity index (χ0) is 24.9. The summed E-state index contributed by atoms with van der Waals surface area (Å²) in [7, 11) is 2.77. The fourth-order valence-corrected chi connectivity index (χ4v) is 4.23. The van der Waals surface area contributed by atoms with Crippen molar-refractivity contribution in [2.45, 2.75) is 12.5 Å². The number of ether oxygens (including phenoxy) is 2. The molecule has 2 aromatic carbocycles. The third-order valence-corrected chi connectivity index (χ3v) is 6.05. The van der Waals surface area contributed by atoms with Crippen LogP contribution in [0, 0.1) is 0 Å². The quantitative estimate of drug-likeness (QED) is 0.320. The van der Waals surface area contributed by atoms with Crippen LogP contribution in [0.3, 0.4) is 0 Å².